The molecule has 8 nitrogen and oxygen atoms in total. The number of nitrogens with one attached hydrogen (secondary N) is 1. The molecular weight excluding hydrogens is 376 g/mol. The van der Waals surface area contributed by atoms with E-state index in [0.29, 0.717) is 12.2 Å². The Labute approximate surface area is 159 Å². The van der Waals surface area contributed by atoms with Crippen LogP contribution in [0.3, 0.4) is 0 Å². The minimum atomic E-state index is -2.98. The monoisotopic (exact) mass is 400 g/mol. The maximum atomic E-state index is 11.9. The summed E-state index contributed by atoms with van der Waals surface area (Å²) in [6.07, 6.45) is 6.23. The first-order chi connectivity index (χ1) is 11.9. The molecule has 1 aliphatic carbocycles. The zero-order valence-electron chi connectivity index (χ0n) is 14.8. The Morgan fingerprint density at radius 1 is 1.23 bits per heavy atom. The van der Waals surface area contributed by atoms with Crippen molar-refractivity contribution in [2.24, 2.45) is 5.73 Å². The Balaban J connectivity index is 0.00000196. The number of halogens is 1. The van der Waals surface area contributed by atoms with Gasteiger partial charge in [-0.15, -0.1) is 12.4 Å². The van der Waals surface area contributed by atoms with Crippen molar-refractivity contribution in [3.05, 3.63) is 17.7 Å². The number of nitrogens with zero attached hydrogens (tertiary/aromatic N) is 4. The highest BCUT2D eigenvalue weighted by molar-refractivity contribution is 7.91. The number of hydrogen-bond acceptors (Lipinski definition) is 6. The van der Waals surface area contributed by atoms with Crippen molar-refractivity contribution >= 4 is 22.2 Å². The summed E-state index contributed by atoms with van der Waals surface area (Å²) in [5.74, 6) is 2.20. The molecule has 0 aromatic carbocycles. The van der Waals surface area contributed by atoms with Crippen molar-refractivity contribution in [2.45, 2.75) is 57.0 Å². The largest absolute Gasteiger partial charge is 0.328 e. The van der Waals surface area contributed by atoms with Crippen LogP contribution >= 0.6 is 12.4 Å². The van der Waals surface area contributed by atoms with E-state index in [2.05, 4.69) is 10.2 Å². The van der Waals surface area contributed by atoms with Crippen LogP contribution in [0.2, 0.25) is 0 Å². The average molecular weight is 401 g/mol. The van der Waals surface area contributed by atoms with E-state index in [4.69, 9.17) is 15.8 Å². The number of H-pyrrole nitrogens is 1. The number of rotatable bonds is 3. The highest BCUT2D eigenvalue weighted by Crippen LogP contribution is 2.35. The number of hydrogen-bond donors (Lipinski definition) is 2. The van der Waals surface area contributed by atoms with Gasteiger partial charge < -0.3 is 5.73 Å². The van der Waals surface area contributed by atoms with Crippen molar-refractivity contribution in [3.8, 4) is 11.4 Å². The summed E-state index contributed by atoms with van der Waals surface area (Å²) >= 11 is 0. The van der Waals surface area contributed by atoms with Crippen LogP contribution in [0.5, 0.6) is 0 Å². The number of aryl methyl sites for hydroxylation is 1. The Hall–Kier alpha value is -1.45. The van der Waals surface area contributed by atoms with Crippen LogP contribution in [0.25, 0.3) is 11.4 Å². The molecule has 26 heavy (non-hydrogen) atoms. The van der Waals surface area contributed by atoms with Crippen LogP contribution in [0, 0.1) is 6.92 Å². The molecule has 144 valence electrons. The molecule has 4 rings (SSSR count). The van der Waals surface area contributed by atoms with Gasteiger partial charge in [0, 0.05) is 17.7 Å². The SMILES string of the molecule is Cc1[nH]ncc1-c1nc(C2CCC(N)CC2)n(C2CCS(=O)(=O)C2)n1.Cl. The van der Waals surface area contributed by atoms with Gasteiger partial charge in [-0.05, 0) is 39.0 Å². The van der Waals surface area contributed by atoms with E-state index in [1.807, 2.05) is 11.6 Å². The highest BCUT2D eigenvalue weighted by Gasteiger charge is 2.34. The number of aromatic nitrogens is 5. The third kappa shape index (κ3) is 3.65. The fraction of sp³-hybridized carbons (Fsp3) is 0.688. The fourth-order valence-corrected chi connectivity index (χ4v) is 5.61. The van der Waals surface area contributed by atoms with E-state index in [1.54, 1.807) is 6.20 Å². The van der Waals surface area contributed by atoms with Crippen molar-refractivity contribution in [1.29, 1.82) is 0 Å². The van der Waals surface area contributed by atoms with Gasteiger partial charge in [-0.25, -0.2) is 18.1 Å². The molecule has 0 bridgehead atoms. The Kier molecular flexibility index (Phi) is 5.41. The molecule has 3 N–H and O–H groups in total. The maximum Gasteiger partial charge on any atom is 0.184 e. The lowest BCUT2D eigenvalue weighted by atomic mass is 9.86. The molecule has 2 aromatic heterocycles. The van der Waals surface area contributed by atoms with E-state index in [9.17, 15) is 8.42 Å². The van der Waals surface area contributed by atoms with Gasteiger partial charge in [0.1, 0.15) is 5.82 Å². The minimum absolute atomic E-state index is 0. The molecule has 2 aliphatic rings. The summed E-state index contributed by atoms with van der Waals surface area (Å²) in [7, 11) is -2.98. The first-order valence-corrected chi connectivity index (χ1v) is 10.7. The van der Waals surface area contributed by atoms with Gasteiger partial charge in [-0.3, -0.25) is 5.10 Å². The number of nitrogens with two attached hydrogens (primary N) is 1. The molecule has 1 saturated heterocycles. The zero-order chi connectivity index (χ0) is 17.6. The van der Waals surface area contributed by atoms with Gasteiger partial charge in [-0.1, -0.05) is 0 Å². The third-order valence-corrected chi connectivity index (χ3v) is 7.17. The fourth-order valence-electron chi connectivity index (χ4n) is 3.92. The van der Waals surface area contributed by atoms with E-state index in [1.165, 1.54) is 0 Å². The lowest BCUT2D eigenvalue weighted by Crippen LogP contribution is -2.27. The molecule has 0 radical (unpaired) electrons. The van der Waals surface area contributed by atoms with Gasteiger partial charge in [0.25, 0.3) is 0 Å². The van der Waals surface area contributed by atoms with Crippen LogP contribution in [-0.4, -0.2) is 50.9 Å². The van der Waals surface area contributed by atoms with Gasteiger partial charge in [-0.2, -0.15) is 10.2 Å². The third-order valence-electron chi connectivity index (χ3n) is 5.42. The van der Waals surface area contributed by atoms with Crippen LogP contribution in [0.15, 0.2) is 6.20 Å². The molecule has 3 heterocycles. The predicted molar refractivity (Wildman–Crippen MR) is 101 cm³/mol. The standard InChI is InChI=1S/C16H24N6O2S.ClH/c1-10-14(8-18-20-10)15-19-16(11-2-4-12(17)5-3-11)22(21-15)13-6-7-25(23,24)9-13;/h8,11-13H,2-7,9,17H2,1H3,(H,18,20);1H. The van der Waals surface area contributed by atoms with Gasteiger partial charge in [0.05, 0.1) is 29.3 Å². The summed E-state index contributed by atoms with van der Waals surface area (Å²) in [5, 5.41) is 11.7. The van der Waals surface area contributed by atoms with Crippen molar-refractivity contribution in [3.63, 3.8) is 0 Å². The average Bonchev–Trinajstić information content (AvgIpc) is 3.26. The second-order valence-electron chi connectivity index (χ2n) is 7.32. The van der Waals surface area contributed by atoms with Crippen molar-refractivity contribution < 1.29 is 8.42 Å². The van der Waals surface area contributed by atoms with E-state index in [0.717, 1.165) is 42.8 Å². The molecular formula is C16H25ClN6O2S. The second kappa shape index (κ2) is 7.28. The molecule has 2 fully saturated rings. The molecule has 10 heteroatoms. The molecule has 1 aliphatic heterocycles. The van der Waals surface area contributed by atoms with E-state index in [-0.39, 0.29) is 41.9 Å². The van der Waals surface area contributed by atoms with Crippen LogP contribution in [0.1, 0.15) is 55.6 Å². The van der Waals surface area contributed by atoms with Gasteiger partial charge >= 0.3 is 0 Å². The van der Waals surface area contributed by atoms with Crippen LogP contribution in [-0.2, 0) is 9.84 Å². The minimum Gasteiger partial charge on any atom is -0.328 e. The lowest BCUT2D eigenvalue weighted by molar-refractivity contribution is 0.359. The van der Waals surface area contributed by atoms with Crippen LogP contribution < -0.4 is 5.73 Å². The first kappa shape index (κ1) is 19.3. The molecule has 1 unspecified atom stereocenters. The Morgan fingerprint density at radius 2 is 1.96 bits per heavy atom. The summed E-state index contributed by atoms with van der Waals surface area (Å²) < 4.78 is 25.8. The molecule has 2 aromatic rings. The zero-order valence-corrected chi connectivity index (χ0v) is 16.4. The predicted octanol–water partition coefficient (Wildman–Crippen LogP) is 1.74. The Bertz CT molecular complexity index is 869. The molecule has 1 saturated carbocycles. The first-order valence-electron chi connectivity index (χ1n) is 8.86. The Morgan fingerprint density at radius 3 is 2.54 bits per heavy atom. The normalized spacial score (nSPS) is 28.0. The maximum absolute atomic E-state index is 11.9. The van der Waals surface area contributed by atoms with Crippen LogP contribution in [0.4, 0.5) is 0 Å². The summed E-state index contributed by atoms with van der Waals surface area (Å²) in [5.41, 5.74) is 7.82. The highest BCUT2D eigenvalue weighted by atomic mass is 35.5. The molecule has 1 atom stereocenters. The van der Waals surface area contributed by atoms with E-state index < -0.39 is 9.84 Å². The number of sulfone groups is 1. The summed E-state index contributed by atoms with van der Waals surface area (Å²) in [4.78, 5) is 4.81. The number of aromatic amines is 1. The second-order valence-corrected chi connectivity index (χ2v) is 9.54. The summed E-state index contributed by atoms with van der Waals surface area (Å²) in [6, 6.07) is 0.138. The molecule has 0 spiro atoms. The summed E-state index contributed by atoms with van der Waals surface area (Å²) in [6.45, 7) is 1.93. The quantitative estimate of drug-likeness (QED) is 0.809. The topological polar surface area (TPSA) is 120 Å². The molecule has 0 amide bonds. The lowest BCUT2D eigenvalue weighted by Gasteiger charge is -2.26. The van der Waals surface area contributed by atoms with Crippen molar-refractivity contribution in [1.82, 2.24) is 25.0 Å². The van der Waals surface area contributed by atoms with Gasteiger partial charge in [0.15, 0.2) is 15.7 Å². The van der Waals surface area contributed by atoms with E-state index >= 15 is 0 Å². The van der Waals surface area contributed by atoms with Crippen molar-refractivity contribution in [2.75, 3.05) is 11.5 Å². The van der Waals surface area contributed by atoms with Gasteiger partial charge in [0.2, 0.25) is 0 Å². The smallest absolute Gasteiger partial charge is 0.184 e.